The molecule has 7 heteroatoms. The second-order valence-corrected chi connectivity index (χ2v) is 11.3. The Morgan fingerprint density at radius 3 is 2.05 bits per heavy atom. The average Bonchev–Trinajstić information content (AvgIpc) is 3.58. The molecule has 1 aliphatic rings. The number of nitriles is 3. The Labute approximate surface area is 254 Å². The molecule has 1 aromatic heterocycles. The third-order valence-corrected chi connectivity index (χ3v) is 8.13. The highest BCUT2D eigenvalue weighted by Gasteiger charge is 2.46. The summed E-state index contributed by atoms with van der Waals surface area (Å²) in [7, 11) is 0. The number of rotatable bonds is 14. The number of allylic oxidation sites excluding steroid dienone is 2. The molecule has 0 aliphatic carbocycles. The number of benzene rings is 1. The predicted octanol–water partition coefficient (Wildman–Crippen LogP) is 8.51. The van der Waals surface area contributed by atoms with E-state index in [0.29, 0.717) is 11.1 Å². The Hall–Kier alpha value is -4.64. The fourth-order valence-corrected chi connectivity index (χ4v) is 5.53. The van der Waals surface area contributed by atoms with Crippen molar-refractivity contribution < 1.29 is 4.74 Å². The Morgan fingerprint density at radius 2 is 1.55 bits per heavy atom. The highest BCUT2D eigenvalue weighted by Crippen LogP contribution is 2.45. The molecule has 42 heavy (non-hydrogen) atoms. The summed E-state index contributed by atoms with van der Waals surface area (Å²) in [6, 6.07) is 18.6. The molecule has 3 rings (SSSR count). The zero-order valence-corrected chi connectivity index (χ0v) is 25.5. The summed E-state index contributed by atoms with van der Waals surface area (Å²) in [4.78, 5) is 8.55. The van der Waals surface area contributed by atoms with Gasteiger partial charge >= 0.3 is 0 Å². The maximum absolute atomic E-state index is 9.97. The second-order valence-electron chi connectivity index (χ2n) is 10.1. The van der Waals surface area contributed by atoms with Crippen LogP contribution >= 0.6 is 11.3 Å². The van der Waals surface area contributed by atoms with Gasteiger partial charge in [0.1, 0.15) is 23.8 Å². The zero-order valence-electron chi connectivity index (χ0n) is 24.7. The minimum atomic E-state index is -1.19. The van der Waals surface area contributed by atoms with Gasteiger partial charge in [-0.2, -0.15) is 15.8 Å². The summed E-state index contributed by atoms with van der Waals surface area (Å²) in [6.07, 6.45) is 12.7. The summed E-state index contributed by atoms with van der Waals surface area (Å²) >= 11 is 1.61. The molecule has 0 N–H and O–H groups in total. The van der Waals surface area contributed by atoms with Crippen molar-refractivity contribution in [1.82, 2.24) is 0 Å². The van der Waals surface area contributed by atoms with Crippen LogP contribution in [0, 0.1) is 34.0 Å². The molecule has 1 atom stereocenters. The second kappa shape index (κ2) is 15.4. The molecule has 2 heterocycles. The lowest BCUT2D eigenvalue weighted by Gasteiger charge is -2.29. The number of thiophene rings is 1. The quantitative estimate of drug-likeness (QED) is 0.128. The molecule has 0 saturated carbocycles. The van der Waals surface area contributed by atoms with Crippen LogP contribution in [-0.2, 0) is 4.74 Å². The van der Waals surface area contributed by atoms with Gasteiger partial charge in [-0.15, -0.1) is 11.3 Å². The van der Waals surface area contributed by atoms with Crippen molar-refractivity contribution in [3.05, 3.63) is 92.4 Å². The van der Waals surface area contributed by atoms with Crippen molar-refractivity contribution in [2.75, 3.05) is 24.5 Å². The van der Waals surface area contributed by atoms with Gasteiger partial charge in [0.2, 0.25) is 0 Å². The Bertz CT molecular complexity index is 1510. The maximum Gasteiger partial charge on any atom is 0.175 e. The van der Waals surface area contributed by atoms with Crippen LogP contribution in [0.5, 0.6) is 0 Å². The summed E-state index contributed by atoms with van der Waals surface area (Å²) in [5, 5.41) is 28.9. The van der Waals surface area contributed by atoms with E-state index in [1.54, 1.807) is 24.3 Å². The molecular formula is C35H37N5OS. The molecule has 0 bridgehead atoms. The lowest BCUT2D eigenvalue weighted by Crippen LogP contribution is -2.35. The van der Waals surface area contributed by atoms with Crippen LogP contribution in [0.15, 0.2) is 82.1 Å². The number of anilines is 1. The number of unbranched alkanes of at least 4 members (excludes halogenated alkanes) is 2. The molecule has 0 radical (unpaired) electrons. The monoisotopic (exact) mass is 575 g/mol. The highest BCUT2D eigenvalue weighted by atomic mass is 32.1. The lowest BCUT2D eigenvalue weighted by atomic mass is 9.85. The summed E-state index contributed by atoms with van der Waals surface area (Å²) < 4.78 is 6.10. The molecule has 1 aliphatic heterocycles. The van der Waals surface area contributed by atoms with Crippen LogP contribution in [0.4, 0.5) is 5.69 Å². The van der Waals surface area contributed by atoms with Gasteiger partial charge in [-0.05, 0) is 74.0 Å². The topological polar surface area (TPSA) is 96.2 Å². The van der Waals surface area contributed by atoms with Crippen molar-refractivity contribution in [2.45, 2.75) is 52.1 Å². The van der Waals surface area contributed by atoms with Crippen LogP contribution < -0.4 is 4.90 Å². The van der Waals surface area contributed by atoms with Crippen LogP contribution in [0.3, 0.4) is 0 Å². The van der Waals surface area contributed by atoms with Gasteiger partial charge in [0.15, 0.2) is 16.9 Å². The van der Waals surface area contributed by atoms with E-state index in [-0.39, 0.29) is 23.5 Å². The number of aliphatic imine (C=N–C) groups is 1. The SMILES string of the molecule is C=NCC1(C(=C)C)OC(=C(C#N)C#N)C(C#N)=C1/C=C/c1ccc(/C=C/c2ccc(N(CCCC)CCCC)cc2)s1. The molecule has 2 aromatic rings. The van der Waals surface area contributed by atoms with Gasteiger partial charge in [0.05, 0.1) is 6.54 Å². The molecule has 1 unspecified atom stereocenters. The van der Waals surface area contributed by atoms with Crippen molar-refractivity contribution in [2.24, 2.45) is 4.99 Å². The minimum absolute atomic E-state index is 0.0477. The molecule has 1 aromatic carbocycles. The number of nitrogens with zero attached hydrogens (tertiary/aromatic N) is 5. The number of ether oxygens (including phenoxy) is 1. The Morgan fingerprint density at radius 1 is 0.952 bits per heavy atom. The van der Waals surface area contributed by atoms with E-state index < -0.39 is 5.60 Å². The van der Waals surface area contributed by atoms with E-state index in [2.05, 4.69) is 79.5 Å². The molecule has 6 nitrogen and oxygen atoms in total. The average molecular weight is 576 g/mol. The predicted molar refractivity (Wildman–Crippen MR) is 175 cm³/mol. The minimum Gasteiger partial charge on any atom is -0.473 e. The molecule has 0 fully saturated rings. The standard InChI is InChI=1S/C35H37N5OS/c1-6-8-20-40(21-9-7-2)29-13-10-27(11-14-29)12-15-30-16-17-31(42-30)18-19-33-32(24-38)34(28(22-36)23-37)41-35(33,25-39-5)26(3)4/h10-19H,3,5-9,20-21,25H2,1-2,4H3/b15-12+,19-18+. The zero-order chi connectivity index (χ0) is 30.5. The van der Waals surface area contributed by atoms with Gasteiger partial charge in [0.25, 0.3) is 0 Å². The van der Waals surface area contributed by atoms with Gasteiger partial charge in [-0.3, -0.25) is 4.99 Å². The number of hydrogen-bond acceptors (Lipinski definition) is 7. The van der Waals surface area contributed by atoms with E-state index in [1.807, 2.05) is 30.3 Å². The first-order valence-electron chi connectivity index (χ1n) is 14.2. The largest absolute Gasteiger partial charge is 0.473 e. The van der Waals surface area contributed by atoms with E-state index in [9.17, 15) is 15.8 Å². The van der Waals surface area contributed by atoms with E-state index in [0.717, 1.165) is 28.4 Å². The lowest BCUT2D eigenvalue weighted by molar-refractivity contribution is 0.102. The number of hydrogen-bond donors (Lipinski definition) is 0. The third-order valence-electron chi connectivity index (χ3n) is 7.12. The van der Waals surface area contributed by atoms with Gasteiger partial charge in [-0.1, -0.05) is 57.6 Å². The summed E-state index contributed by atoms with van der Waals surface area (Å²) in [5.41, 5.74) is 2.16. The fraction of sp³-hybridized carbons (Fsp3) is 0.314. The first-order chi connectivity index (χ1) is 20.4. The Kier molecular flexibility index (Phi) is 11.7. The third kappa shape index (κ3) is 7.35. The fourth-order valence-electron chi connectivity index (χ4n) is 4.72. The van der Waals surface area contributed by atoms with Crippen LogP contribution in [0.1, 0.15) is 61.8 Å². The molecular weight excluding hydrogens is 538 g/mol. The van der Waals surface area contributed by atoms with Crippen LogP contribution in [0.2, 0.25) is 0 Å². The van der Waals surface area contributed by atoms with Gasteiger partial charge < -0.3 is 9.64 Å². The molecule has 0 saturated heterocycles. The van der Waals surface area contributed by atoms with Crippen molar-refractivity contribution in [3.63, 3.8) is 0 Å². The Balaban J connectivity index is 1.85. The van der Waals surface area contributed by atoms with Crippen molar-refractivity contribution >= 4 is 42.0 Å². The van der Waals surface area contributed by atoms with Gasteiger partial charge in [0, 0.05) is 34.1 Å². The van der Waals surface area contributed by atoms with Gasteiger partial charge in [-0.25, -0.2) is 0 Å². The van der Waals surface area contributed by atoms with E-state index >= 15 is 0 Å². The summed E-state index contributed by atoms with van der Waals surface area (Å²) in [6.45, 7) is 16.1. The molecule has 214 valence electrons. The van der Waals surface area contributed by atoms with Crippen molar-refractivity contribution in [3.8, 4) is 18.2 Å². The van der Waals surface area contributed by atoms with Crippen LogP contribution in [-0.4, -0.2) is 32.0 Å². The molecule has 0 spiro atoms. The maximum atomic E-state index is 9.97. The van der Waals surface area contributed by atoms with Crippen LogP contribution in [0.25, 0.3) is 18.2 Å². The van der Waals surface area contributed by atoms with E-state index in [1.165, 1.54) is 31.4 Å². The summed E-state index contributed by atoms with van der Waals surface area (Å²) in [5.74, 6) is -0.0477. The normalized spacial score (nSPS) is 16.2. The first-order valence-corrected chi connectivity index (χ1v) is 15.0. The van der Waals surface area contributed by atoms with Crippen molar-refractivity contribution in [1.29, 1.82) is 15.8 Å². The first kappa shape index (κ1) is 31.9. The molecule has 0 amide bonds. The highest BCUT2D eigenvalue weighted by molar-refractivity contribution is 7.13. The van der Waals surface area contributed by atoms with E-state index in [4.69, 9.17) is 4.74 Å². The smallest absolute Gasteiger partial charge is 0.175 e.